The van der Waals surface area contributed by atoms with E-state index in [0.717, 1.165) is 0 Å². The van der Waals surface area contributed by atoms with Crippen LogP contribution in [0.15, 0.2) is 86.0 Å². The molecule has 0 bridgehead atoms. The van der Waals surface area contributed by atoms with Gasteiger partial charge in [0.15, 0.2) is 64.9 Å². The van der Waals surface area contributed by atoms with Crippen molar-refractivity contribution in [3.63, 3.8) is 0 Å². The van der Waals surface area contributed by atoms with Crippen molar-refractivity contribution in [2.75, 3.05) is 30.5 Å². The van der Waals surface area contributed by atoms with Gasteiger partial charge in [0, 0.05) is 18.7 Å². The predicted octanol–water partition coefficient (Wildman–Crippen LogP) is 2.96. The van der Waals surface area contributed by atoms with Crippen molar-refractivity contribution in [2.45, 2.75) is 49.2 Å². The molecule has 0 spiro atoms. The molecule has 4 aromatic heterocycles. The molecule has 2 aromatic carbocycles. The second-order valence-electron chi connectivity index (χ2n) is 13.2. The zero-order valence-corrected chi connectivity index (χ0v) is 30.7. The third-order valence-corrected chi connectivity index (χ3v) is 10.7. The fourth-order valence-corrected chi connectivity index (χ4v) is 7.74. The van der Waals surface area contributed by atoms with Gasteiger partial charge >= 0.3 is 0 Å². The van der Waals surface area contributed by atoms with Gasteiger partial charge in [-0.25, -0.2) is 46.3 Å². The molecule has 6 heterocycles. The number of hydrogen-bond donors (Lipinski definition) is 4. The first-order valence-corrected chi connectivity index (χ1v) is 19.6. The first kappa shape index (κ1) is 38.5. The fourth-order valence-electron chi connectivity index (χ4n) is 6.53. The predicted molar refractivity (Wildman–Crippen MR) is 200 cm³/mol. The monoisotopic (exact) mass is 801 g/mol. The molecule has 4 N–H and O–H groups in total. The van der Waals surface area contributed by atoms with Crippen molar-refractivity contribution in [1.82, 2.24) is 39.0 Å². The second-order valence-corrected chi connectivity index (χ2v) is 15.5. The van der Waals surface area contributed by atoms with Crippen LogP contribution >= 0.6 is 7.59 Å². The Bertz CT molecular complexity index is 2400. The fraction of sp³-hybridized carbons (Fsp3) is 0.314. The Kier molecular flexibility index (Phi) is 10.7. The molecule has 6 aromatic rings. The summed E-state index contributed by atoms with van der Waals surface area (Å²) in [5, 5.41) is 26.2. The minimum absolute atomic E-state index is 0.0810. The lowest BCUT2D eigenvalue weighted by Crippen LogP contribution is -2.34. The highest BCUT2D eigenvalue weighted by atomic mass is 31.2. The number of amides is 2. The zero-order chi connectivity index (χ0) is 39.8. The minimum Gasteiger partial charge on any atom is -0.394 e. The van der Waals surface area contributed by atoms with E-state index >= 15 is 8.78 Å². The maximum Gasteiger partial charge on any atom is 0.256 e. The molecule has 8 rings (SSSR count). The maximum absolute atomic E-state index is 15.9. The van der Waals surface area contributed by atoms with Gasteiger partial charge in [-0.3, -0.25) is 27.8 Å². The van der Waals surface area contributed by atoms with Gasteiger partial charge in [0.1, 0.15) is 37.6 Å². The summed E-state index contributed by atoms with van der Waals surface area (Å²) in [6, 6.07) is 16.9. The Hall–Kier alpha value is -5.41. The quantitative estimate of drug-likeness (QED) is 0.103. The van der Waals surface area contributed by atoms with Gasteiger partial charge in [0.05, 0.1) is 25.9 Å². The molecule has 0 saturated carbocycles. The van der Waals surface area contributed by atoms with Crippen LogP contribution in [0.5, 0.6) is 0 Å². The van der Waals surface area contributed by atoms with Crippen LogP contribution in [0.2, 0.25) is 0 Å². The molecule has 0 aliphatic carbocycles. The number of carbonyl (C=O) groups is 2. The van der Waals surface area contributed by atoms with Crippen LogP contribution in [0.1, 0.15) is 33.2 Å². The third-order valence-electron chi connectivity index (χ3n) is 9.37. The van der Waals surface area contributed by atoms with Gasteiger partial charge in [-0.05, 0) is 24.3 Å². The number of anilines is 2. The van der Waals surface area contributed by atoms with E-state index in [-0.39, 0.29) is 34.0 Å². The molecular formula is C35H33BF2N10O8P. The van der Waals surface area contributed by atoms with Crippen LogP contribution in [0.4, 0.5) is 20.4 Å². The number of carbonyl (C=O) groups excluding carboxylic acids is 2. The Labute approximate surface area is 323 Å². The molecular weight excluding hydrogens is 768 g/mol. The van der Waals surface area contributed by atoms with E-state index in [2.05, 4.69) is 40.5 Å². The number of aliphatic hydroxyl groups is 2. The van der Waals surface area contributed by atoms with Crippen LogP contribution in [0, 0.1) is 0 Å². The molecule has 3 radical (unpaired) electrons. The van der Waals surface area contributed by atoms with E-state index < -0.39 is 81.8 Å². The van der Waals surface area contributed by atoms with Gasteiger partial charge in [-0.15, -0.1) is 0 Å². The lowest BCUT2D eigenvalue weighted by molar-refractivity contribution is -0.0518. The summed E-state index contributed by atoms with van der Waals surface area (Å²) in [7, 11) is 2.94. The summed E-state index contributed by atoms with van der Waals surface area (Å²) < 4.78 is 57.8. The standard InChI is InChI=1S/C35H32BF2N10O8P/c1-57(36,53-13-21-26(50)23(38)34(55-21)47-16-43-24-28(39-14-41-30(24)47)45-32(51)18-8-4-2-5-9-18)56-27-22(37)20(12-49)54-35(27)48-17-44-25-29(40-15-42-31(25)48)46-33(52)19-10-6-3-7-11-19/h2-11,14-17,20-23,26-27,34-35,49-50H,12-13H2,1H3,(H-,39,40,41,42,45,46,51,52)/q-1/p+1/t20?,21-,22?,23?,26+,27?,34-,35?,57?/m1/s1. The van der Waals surface area contributed by atoms with Crippen LogP contribution in [-0.4, -0.2) is 125 Å². The van der Waals surface area contributed by atoms with Crippen LogP contribution in [-0.2, 0) is 18.5 Å². The number of halogens is 2. The highest BCUT2D eigenvalue weighted by molar-refractivity contribution is 7.89. The summed E-state index contributed by atoms with van der Waals surface area (Å²) >= 11 is 0. The van der Waals surface area contributed by atoms with Crippen LogP contribution in [0.25, 0.3) is 22.3 Å². The van der Waals surface area contributed by atoms with E-state index in [9.17, 15) is 19.8 Å². The topological polar surface area (TPSA) is 223 Å². The van der Waals surface area contributed by atoms with E-state index in [4.69, 9.17) is 26.1 Å². The summed E-state index contributed by atoms with van der Waals surface area (Å²) in [6.07, 6.45) is -7.44. The number of aromatic nitrogens is 8. The van der Waals surface area contributed by atoms with Gasteiger partial charge in [0.25, 0.3) is 11.8 Å². The summed E-state index contributed by atoms with van der Waals surface area (Å²) in [6.45, 7) is 0.211. The molecule has 2 saturated heterocycles. The van der Waals surface area contributed by atoms with Gasteiger partial charge < -0.3 is 30.3 Å². The largest absolute Gasteiger partial charge is 0.394 e. The Balaban J connectivity index is 0.957. The molecule has 293 valence electrons. The average molecular weight is 801 g/mol. The minimum atomic E-state index is -3.51. The van der Waals surface area contributed by atoms with Crippen LogP contribution < -0.4 is 10.6 Å². The SMILES string of the molecule is [B-][P+](C)(OC[C@H]1O[C@@H](n2cnc3c(NC(=O)c4ccccc4)ncnc32)C(F)[C@H]1O)OC1C(F)C(CO)OC1n1cnc2c(NC(=O)c3ccccc3)ncnc21. The Morgan fingerprint density at radius 2 is 1.30 bits per heavy atom. The number of benzene rings is 2. The van der Waals surface area contributed by atoms with Gasteiger partial charge in [0.2, 0.25) is 0 Å². The Morgan fingerprint density at radius 1 is 0.789 bits per heavy atom. The molecule has 22 heteroatoms. The van der Waals surface area contributed by atoms with Crippen molar-refractivity contribution in [2.24, 2.45) is 0 Å². The van der Waals surface area contributed by atoms with E-state index in [1.807, 2.05) is 0 Å². The van der Waals surface area contributed by atoms with E-state index in [1.54, 1.807) is 60.7 Å². The van der Waals surface area contributed by atoms with Crippen molar-refractivity contribution in [3.05, 3.63) is 97.1 Å². The molecule has 2 fully saturated rings. The summed E-state index contributed by atoms with van der Waals surface area (Å²) in [5.74, 6) is -0.719. The summed E-state index contributed by atoms with van der Waals surface area (Å²) in [4.78, 5) is 50.9. The number of nitrogens with one attached hydrogen (secondary N) is 2. The molecule has 57 heavy (non-hydrogen) atoms. The molecule has 18 nitrogen and oxygen atoms in total. The van der Waals surface area contributed by atoms with Crippen LogP contribution in [0.3, 0.4) is 0 Å². The number of rotatable bonds is 12. The summed E-state index contributed by atoms with van der Waals surface area (Å²) in [5.41, 5.74) is 1.36. The number of aliphatic hydroxyl groups excluding tert-OH is 2. The van der Waals surface area contributed by atoms with Crippen molar-refractivity contribution >= 4 is 60.9 Å². The molecule has 9 atom stereocenters. The number of hydrogen-bond acceptors (Lipinski definition) is 14. The lowest BCUT2D eigenvalue weighted by atomic mass is 10.1. The lowest BCUT2D eigenvalue weighted by Gasteiger charge is -2.34. The first-order valence-electron chi connectivity index (χ1n) is 17.5. The van der Waals surface area contributed by atoms with Crippen molar-refractivity contribution in [3.8, 4) is 0 Å². The first-order chi connectivity index (χ1) is 27.5. The number of imidazole rings is 2. The number of alkyl halides is 2. The molecule has 2 aliphatic heterocycles. The van der Waals surface area contributed by atoms with Gasteiger partial charge in [-0.2, -0.15) is 0 Å². The number of nitrogens with zero attached hydrogens (tertiary/aromatic N) is 8. The molecule has 2 aliphatic rings. The Morgan fingerprint density at radius 3 is 1.82 bits per heavy atom. The number of ether oxygens (including phenoxy) is 2. The highest BCUT2D eigenvalue weighted by Gasteiger charge is 2.51. The molecule has 2 amide bonds. The van der Waals surface area contributed by atoms with E-state index in [0.29, 0.717) is 11.1 Å². The smallest absolute Gasteiger partial charge is 0.256 e. The number of fused-ring (bicyclic) bond motifs is 2. The van der Waals surface area contributed by atoms with Crippen molar-refractivity contribution < 1.29 is 47.1 Å². The highest BCUT2D eigenvalue weighted by Crippen LogP contribution is 2.57. The maximum atomic E-state index is 15.9. The van der Waals surface area contributed by atoms with Crippen molar-refractivity contribution in [1.29, 1.82) is 0 Å². The van der Waals surface area contributed by atoms with Gasteiger partial charge in [-0.1, -0.05) is 36.4 Å². The molecule has 6 unspecified atom stereocenters. The van der Waals surface area contributed by atoms with E-state index in [1.165, 1.54) is 41.1 Å². The zero-order valence-electron chi connectivity index (χ0n) is 29.8. The third kappa shape index (κ3) is 7.57. The normalized spacial score (nSPS) is 25.8. The average Bonchev–Trinajstić information content (AvgIpc) is 3.99. The second kappa shape index (κ2) is 15.9.